The Bertz CT molecular complexity index is 493. The molecule has 116 valence electrons. The monoisotopic (exact) mass is 289 g/mol. The average molecular weight is 289 g/mol. The summed E-state index contributed by atoms with van der Waals surface area (Å²) in [5.74, 6) is 0.942. The van der Waals surface area contributed by atoms with Crippen LogP contribution in [0.3, 0.4) is 0 Å². The Morgan fingerprint density at radius 3 is 2.52 bits per heavy atom. The fourth-order valence-electron chi connectivity index (χ4n) is 3.70. The average Bonchev–Trinajstić information content (AvgIpc) is 2.84. The summed E-state index contributed by atoms with van der Waals surface area (Å²) in [6, 6.07) is 0. The van der Waals surface area contributed by atoms with Crippen molar-refractivity contribution in [2.24, 2.45) is 0 Å². The lowest BCUT2D eigenvalue weighted by Crippen LogP contribution is -2.31. The van der Waals surface area contributed by atoms with E-state index >= 15 is 0 Å². The Kier molecular flexibility index (Phi) is 4.55. The van der Waals surface area contributed by atoms with E-state index in [0.717, 1.165) is 44.6 Å². The molecule has 1 N–H and O–H groups in total. The van der Waals surface area contributed by atoms with Crippen molar-refractivity contribution < 1.29 is 4.74 Å². The first-order valence-electron chi connectivity index (χ1n) is 8.44. The molecule has 4 nitrogen and oxygen atoms in total. The summed E-state index contributed by atoms with van der Waals surface area (Å²) in [4.78, 5) is 9.87. The normalized spacial score (nSPS) is 21.0. The molecule has 0 radical (unpaired) electrons. The van der Waals surface area contributed by atoms with Crippen molar-refractivity contribution in [3.63, 3.8) is 0 Å². The lowest BCUT2D eigenvalue weighted by molar-refractivity contribution is -0.0354. The van der Waals surface area contributed by atoms with Gasteiger partial charge in [0.05, 0.1) is 5.69 Å². The fourth-order valence-corrected chi connectivity index (χ4v) is 3.70. The number of fused-ring (bicyclic) bond motifs is 1. The van der Waals surface area contributed by atoms with Gasteiger partial charge in [-0.3, -0.25) is 0 Å². The highest BCUT2D eigenvalue weighted by Crippen LogP contribution is 2.38. The SMILES string of the molecule is CCCc1nc(C2(OC)CCCCCC2)nc2c1CNC2. The molecule has 1 aromatic heterocycles. The number of hydrogen-bond acceptors (Lipinski definition) is 4. The predicted molar refractivity (Wildman–Crippen MR) is 83.0 cm³/mol. The van der Waals surface area contributed by atoms with Crippen molar-refractivity contribution >= 4 is 0 Å². The molecule has 1 aliphatic heterocycles. The number of rotatable bonds is 4. The molecule has 1 fully saturated rings. The van der Waals surface area contributed by atoms with Gasteiger partial charge in [-0.05, 0) is 19.3 Å². The maximum atomic E-state index is 5.99. The summed E-state index contributed by atoms with van der Waals surface area (Å²) in [6.07, 6.45) is 9.33. The third-order valence-corrected chi connectivity index (χ3v) is 4.97. The number of hydrogen-bond donors (Lipinski definition) is 1. The van der Waals surface area contributed by atoms with E-state index in [2.05, 4.69) is 12.2 Å². The topological polar surface area (TPSA) is 47.0 Å². The highest BCUT2D eigenvalue weighted by molar-refractivity contribution is 5.30. The second-order valence-electron chi connectivity index (χ2n) is 6.39. The van der Waals surface area contributed by atoms with Gasteiger partial charge in [-0.1, -0.05) is 39.0 Å². The highest BCUT2D eigenvalue weighted by atomic mass is 16.5. The minimum Gasteiger partial charge on any atom is -0.370 e. The van der Waals surface area contributed by atoms with E-state index in [4.69, 9.17) is 14.7 Å². The van der Waals surface area contributed by atoms with Crippen LogP contribution in [0.25, 0.3) is 0 Å². The molecule has 0 amide bonds. The van der Waals surface area contributed by atoms with Gasteiger partial charge in [-0.25, -0.2) is 9.97 Å². The summed E-state index contributed by atoms with van der Waals surface area (Å²) in [5.41, 5.74) is 3.52. The second-order valence-corrected chi connectivity index (χ2v) is 6.39. The van der Waals surface area contributed by atoms with Crippen LogP contribution < -0.4 is 5.32 Å². The van der Waals surface area contributed by atoms with Gasteiger partial charge in [-0.15, -0.1) is 0 Å². The quantitative estimate of drug-likeness (QED) is 0.865. The molecule has 0 aromatic carbocycles. The Morgan fingerprint density at radius 2 is 1.86 bits per heavy atom. The number of nitrogens with zero attached hydrogens (tertiary/aromatic N) is 2. The third-order valence-electron chi connectivity index (χ3n) is 4.97. The summed E-state index contributed by atoms with van der Waals surface area (Å²) in [7, 11) is 1.83. The molecule has 1 aliphatic carbocycles. The minimum absolute atomic E-state index is 0.253. The molecule has 21 heavy (non-hydrogen) atoms. The molecular weight excluding hydrogens is 262 g/mol. The van der Waals surface area contributed by atoms with Gasteiger partial charge < -0.3 is 10.1 Å². The van der Waals surface area contributed by atoms with Gasteiger partial charge in [0.1, 0.15) is 5.60 Å². The number of aryl methyl sites for hydroxylation is 1. The molecule has 1 aromatic rings. The van der Waals surface area contributed by atoms with E-state index in [1.165, 1.54) is 42.6 Å². The van der Waals surface area contributed by atoms with Crippen LogP contribution in [-0.4, -0.2) is 17.1 Å². The number of aromatic nitrogens is 2. The van der Waals surface area contributed by atoms with Crippen LogP contribution in [0.2, 0.25) is 0 Å². The van der Waals surface area contributed by atoms with Crippen molar-refractivity contribution in [1.82, 2.24) is 15.3 Å². The second kappa shape index (κ2) is 6.41. The smallest absolute Gasteiger partial charge is 0.160 e. The lowest BCUT2D eigenvalue weighted by atomic mass is 9.92. The van der Waals surface area contributed by atoms with Crippen molar-refractivity contribution in [2.45, 2.75) is 77.0 Å². The maximum absolute atomic E-state index is 5.99. The first kappa shape index (κ1) is 14.9. The molecule has 0 bridgehead atoms. The van der Waals surface area contributed by atoms with Crippen LogP contribution in [0, 0.1) is 0 Å². The maximum Gasteiger partial charge on any atom is 0.160 e. The van der Waals surface area contributed by atoms with Crippen LogP contribution in [0.15, 0.2) is 0 Å². The zero-order valence-electron chi connectivity index (χ0n) is 13.4. The van der Waals surface area contributed by atoms with E-state index < -0.39 is 0 Å². The van der Waals surface area contributed by atoms with Gasteiger partial charge in [0.2, 0.25) is 0 Å². The van der Waals surface area contributed by atoms with Gasteiger partial charge in [0, 0.05) is 31.5 Å². The summed E-state index contributed by atoms with van der Waals surface area (Å²) in [5, 5.41) is 3.42. The zero-order chi connectivity index (χ0) is 14.7. The van der Waals surface area contributed by atoms with Crippen molar-refractivity contribution in [3.05, 3.63) is 22.8 Å². The molecule has 0 atom stereocenters. The van der Waals surface area contributed by atoms with Crippen LogP contribution in [-0.2, 0) is 29.8 Å². The van der Waals surface area contributed by atoms with E-state index in [0.29, 0.717) is 0 Å². The molecule has 3 rings (SSSR count). The number of nitrogens with one attached hydrogen (secondary N) is 1. The van der Waals surface area contributed by atoms with E-state index in [-0.39, 0.29) is 5.60 Å². The van der Waals surface area contributed by atoms with Crippen molar-refractivity contribution in [3.8, 4) is 0 Å². The van der Waals surface area contributed by atoms with Crippen LogP contribution in [0.4, 0.5) is 0 Å². The van der Waals surface area contributed by atoms with Crippen molar-refractivity contribution in [2.75, 3.05) is 7.11 Å². The minimum atomic E-state index is -0.253. The summed E-state index contributed by atoms with van der Waals surface area (Å²) >= 11 is 0. The van der Waals surface area contributed by atoms with Crippen LogP contribution >= 0.6 is 0 Å². The molecular formula is C17H27N3O. The Morgan fingerprint density at radius 1 is 1.10 bits per heavy atom. The molecule has 1 saturated carbocycles. The first-order valence-corrected chi connectivity index (χ1v) is 8.44. The van der Waals surface area contributed by atoms with E-state index in [1.807, 2.05) is 7.11 Å². The van der Waals surface area contributed by atoms with Gasteiger partial charge in [0.25, 0.3) is 0 Å². The number of methoxy groups -OCH3 is 1. The third kappa shape index (κ3) is 2.84. The molecule has 0 saturated heterocycles. The van der Waals surface area contributed by atoms with Gasteiger partial charge in [-0.2, -0.15) is 0 Å². The highest BCUT2D eigenvalue weighted by Gasteiger charge is 2.37. The largest absolute Gasteiger partial charge is 0.370 e. The predicted octanol–water partition coefficient (Wildman–Crippen LogP) is 3.23. The molecule has 0 unspecified atom stereocenters. The van der Waals surface area contributed by atoms with E-state index in [9.17, 15) is 0 Å². The zero-order valence-corrected chi connectivity index (χ0v) is 13.4. The molecule has 0 spiro atoms. The standard InChI is InChI=1S/C17H27N3O/c1-3-8-14-13-11-18-12-15(13)20-16(19-14)17(21-2)9-6-4-5-7-10-17/h18H,3-12H2,1-2H3. The van der Waals surface area contributed by atoms with E-state index in [1.54, 1.807) is 0 Å². The molecule has 4 heteroatoms. The Hall–Kier alpha value is -1.00. The fraction of sp³-hybridized carbons (Fsp3) is 0.765. The van der Waals surface area contributed by atoms with Gasteiger partial charge >= 0.3 is 0 Å². The van der Waals surface area contributed by atoms with Crippen molar-refractivity contribution in [1.29, 1.82) is 0 Å². The van der Waals surface area contributed by atoms with Crippen LogP contribution in [0.5, 0.6) is 0 Å². The molecule has 2 heterocycles. The number of ether oxygens (including phenoxy) is 1. The van der Waals surface area contributed by atoms with Gasteiger partial charge in [0.15, 0.2) is 5.82 Å². The summed E-state index contributed by atoms with van der Waals surface area (Å²) in [6.45, 7) is 4.01. The lowest BCUT2D eigenvalue weighted by Gasteiger charge is -2.30. The summed E-state index contributed by atoms with van der Waals surface area (Å²) < 4.78 is 5.99. The van der Waals surface area contributed by atoms with Crippen LogP contribution in [0.1, 0.15) is 74.6 Å². The first-order chi connectivity index (χ1) is 10.3. The molecule has 2 aliphatic rings. The Balaban J connectivity index is 2.01. The Labute approximate surface area is 127 Å².